The standard InChI is InChI=1S/C23H21BFN3O5/c1-22(2)23(3,4)33-24(32-22)12-9-15-17(26-27-19(29)18(15)16(25)10-12)11-28-20(30)13-7-5-6-8-14(13)21(28)31/h5-10H,11H2,1-4H3,(H,27,29). The fourth-order valence-electron chi connectivity index (χ4n) is 4.09. The van der Waals surface area contributed by atoms with Crippen LogP contribution in [0, 0.1) is 5.82 Å². The van der Waals surface area contributed by atoms with Gasteiger partial charge in [0.15, 0.2) is 0 Å². The molecule has 0 saturated carbocycles. The lowest BCUT2D eigenvalue weighted by molar-refractivity contribution is 0.00578. The number of amides is 2. The molecule has 1 N–H and O–H groups in total. The van der Waals surface area contributed by atoms with Gasteiger partial charge in [-0.15, -0.1) is 0 Å². The van der Waals surface area contributed by atoms with Crippen LogP contribution in [0.4, 0.5) is 4.39 Å². The van der Waals surface area contributed by atoms with E-state index in [1.54, 1.807) is 30.3 Å². The Morgan fingerprint density at radius 3 is 2.15 bits per heavy atom. The Labute approximate surface area is 188 Å². The third-order valence-electron chi connectivity index (χ3n) is 6.65. The summed E-state index contributed by atoms with van der Waals surface area (Å²) in [4.78, 5) is 39.0. The second-order valence-electron chi connectivity index (χ2n) is 9.25. The molecule has 3 aromatic rings. The zero-order valence-corrected chi connectivity index (χ0v) is 18.6. The first-order valence-electron chi connectivity index (χ1n) is 10.5. The van der Waals surface area contributed by atoms with Gasteiger partial charge in [0.2, 0.25) is 0 Å². The highest BCUT2D eigenvalue weighted by Gasteiger charge is 2.52. The second kappa shape index (κ2) is 7.07. The Morgan fingerprint density at radius 1 is 1.00 bits per heavy atom. The van der Waals surface area contributed by atoms with E-state index in [1.807, 2.05) is 27.7 Å². The number of hydrogen-bond donors (Lipinski definition) is 1. The van der Waals surface area contributed by atoms with Crippen LogP contribution in [0.15, 0.2) is 41.2 Å². The van der Waals surface area contributed by atoms with E-state index in [-0.39, 0.29) is 23.0 Å². The first kappa shape index (κ1) is 21.5. The Morgan fingerprint density at radius 2 is 1.58 bits per heavy atom. The van der Waals surface area contributed by atoms with Gasteiger partial charge in [0.1, 0.15) is 5.82 Å². The van der Waals surface area contributed by atoms with E-state index in [4.69, 9.17) is 9.31 Å². The minimum absolute atomic E-state index is 0.177. The molecule has 2 amide bonds. The third kappa shape index (κ3) is 3.20. The summed E-state index contributed by atoms with van der Waals surface area (Å²) < 4.78 is 27.1. The number of nitrogens with zero attached hydrogens (tertiary/aromatic N) is 2. The van der Waals surface area contributed by atoms with E-state index >= 15 is 4.39 Å². The highest BCUT2D eigenvalue weighted by Crippen LogP contribution is 2.37. The number of carbonyl (C=O) groups is 2. The molecular weight excluding hydrogens is 428 g/mol. The Hall–Kier alpha value is -3.37. The molecule has 0 radical (unpaired) electrons. The summed E-state index contributed by atoms with van der Waals surface area (Å²) in [5.41, 5.74) is -0.863. The van der Waals surface area contributed by atoms with E-state index in [0.717, 1.165) is 4.90 Å². The van der Waals surface area contributed by atoms with E-state index in [2.05, 4.69) is 10.2 Å². The predicted molar refractivity (Wildman–Crippen MR) is 119 cm³/mol. The molecule has 10 heteroatoms. The Kier molecular flexibility index (Phi) is 4.60. The van der Waals surface area contributed by atoms with Crippen LogP contribution in [0.2, 0.25) is 0 Å². The SMILES string of the molecule is CC1(C)OB(c2cc(F)c3c(=O)[nH]nc(CN4C(=O)c5ccccc5C4=O)c3c2)OC1(C)C. The number of carbonyl (C=O) groups excluding carboxylic acids is 2. The third-order valence-corrected chi connectivity index (χ3v) is 6.65. The van der Waals surface area contributed by atoms with Crippen LogP contribution < -0.4 is 11.0 Å². The van der Waals surface area contributed by atoms with Crippen molar-refractivity contribution in [1.29, 1.82) is 0 Å². The average Bonchev–Trinajstić information content (AvgIpc) is 3.13. The molecule has 5 rings (SSSR count). The van der Waals surface area contributed by atoms with Crippen molar-refractivity contribution >= 4 is 35.2 Å². The van der Waals surface area contributed by atoms with Crippen molar-refractivity contribution in [1.82, 2.24) is 15.1 Å². The average molecular weight is 449 g/mol. The lowest BCUT2D eigenvalue weighted by atomic mass is 9.78. The minimum atomic E-state index is -0.861. The zero-order chi connectivity index (χ0) is 23.7. The molecule has 1 saturated heterocycles. The van der Waals surface area contributed by atoms with Crippen LogP contribution >= 0.6 is 0 Å². The zero-order valence-electron chi connectivity index (χ0n) is 18.6. The first-order chi connectivity index (χ1) is 15.5. The number of rotatable bonds is 3. The van der Waals surface area contributed by atoms with Crippen molar-refractivity contribution in [3.8, 4) is 0 Å². The van der Waals surface area contributed by atoms with Crippen LogP contribution in [-0.2, 0) is 15.9 Å². The number of halogens is 1. The molecule has 2 aromatic carbocycles. The number of H-pyrrole nitrogens is 1. The monoisotopic (exact) mass is 449 g/mol. The summed E-state index contributed by atoms with van der Waals surface area (Å²) >= 11 is 0. The summed E-state index contributed by atoms with van der Waals surface area (Å²) in [6, 6.07) is 9.26. The number of fused-ring (bicyclic) bond motifs is 2. The number of nitrogens with one attached hydrogen (secondary N) is 1. The quantitative estimate of drug-likeness (QED) is 0.486. The van der Waals surface area contributed by atoms with Gasteiger partial charge in [0.05, 0.1) is 40.0 Å². The van der Waals surface area contributed by atoms with Gasteiger partial charge in [-0.3, -0.25) is 19.3 Å². The van der Waals surface area contributed by atoms with E-state index in [1.165, 1.54) is 6.07 Å². The normalized spacial score (nSPS) is 18.9. The lowest BCUT2D eigenvalue weighted by Gasteiger charge is -2.32. The van der Waals surface area contributed by atoms with Crippen molar-refractivity contribution in [2.75, 3.05) is 0 Å². The van der Waals surface area contributed by atoms with E-state index in [9.17, 15) is 14.4 Å². The van der Waals surface area contributed by atoms with Crippen molar-refractivity contribution in [3.63, 3.8) is 0 Å². The van der Waals surface area contributed by atoms with Crippen molar-refractivity contribution in [2.45, 2.75) is 45.4 Å². The fraction of sp³-hybridized carbons (Fsp3) is 0.304. The van der Waals surface area contributed by atoms with Crippen molar-refractivity contribution in [3.05, 3.63) is 69.4 Å². The van der Waals surface area contributed by atoms with Crippen LogP contribution in [0.5, 0.6) is 0 Å². The molecule has 1 aromatic heterocycles. The number of benzene rings is 2. The Bertz CT molecular complexity index is 1350. The molecule has 168 valence electrons. The van der Waals surface area contributed by atoms with Gasteiger partial charge >= 0.3 is 7.12 Å². The van der Waals surface area contributed by atoms with Gasteiger partial charge in [-0.1, -0.05) is 18.2 Å². The molecule has 2 aliphatic rings. The van der Waals surface area contributed by atoms with Gasteiger partial charge in [-0.05, 0) is 51.4 Å². The molecule has 0 aliphatic carbocycles. The minimum Gasteiger partial charge on any atom is -0.399 e. The first-order valence-corrected chi connectivity index (χ1v) is 10.5. The molecule has 2 aliphatic heterocycles. The topological polar surface area (TPSA) is 102 Å². The van der Waals surface area contributed by atoms with Gasteiger partial charge < -0.3 is 9.31 Å². The number of hydrogen-bond acceptors (Lipinski definition) is 6. The maximum Gasteiger partial charge on any atom is 0.494 e. The molecule has 3 heterocycles. The number of aromatic amines is 1. The van der Waals surface area contributed by atoms with Gasteiger partial charge in [0, 0.05) is 5.39 Å². The molecule has 0 spiro atoms. The van der Waals surface area contributed by atoms with Crippen LogP contribution in [0.25, 0.3) is 10.8 Å². The summed E-state index contributed by atoms with van der Waals surface area (Å²) in [5.74, 6) is -1.72. The van der Waals surface area contributed by atoms with Crippen LogP contribution in [0.3, 0.4) is 0 Å². The fourth-order valence-corrected chi connectivity index (χ4v) is 4.09. The maximum absolute atomic E-state index is 15.1. The van der Waals surface area contributed by atoms with Crippen molar-refractivity contribution in [2.24, 2.45) is 0 Å². The van der Waals surface area contributed by atoms with Gasteiger partial charge in [0.25, 0.3) is 17.4 Å². The number of imide groups is 1. The molecule has 0 unspecified atom stereocenters. The summed E-state index contributed by atoms with van der Waals surface area (Å²) in [6.07, 6.45) is 0. The van der Waals surface area contributed by atoms with Crippen LogP contribution in [0.1, 0.15) is 54.1 Å². The second-order valence-corrected chi connectivity index (χ2v) is 9.25. The summed E-state index contributed by atoms with van der Waals surface area (Å²) in [7, 11) is -0.861. The molecule has 33 heavy (non-hydrogen) atoms. The Balaban J connectivity index is 1.58. The molecule has 0 atom stereocenters. The lowest BCUT2D eigenvalue weighted by Crippen LogP contribution is -2.41. The highest BCUT2D eigenvalue weighted by atomic mass is 19.1. The maximum atomic E-state index is 15.1. The van der Waals surface area contributed by atoms with E-state index < -0.39 is 41.5 Å². The van der Waals surface area contributed by atoms with Gasteiger partial charge in [-0.25, -0.2) is 9.49 Å². The smallest absolute Gasteiger partial charge is 0.399 e. The summed E-state index contributed by atoms with van der Waals surface area (Å²) in [6.45, 7) is 7.29. The highest BCUT2D eigenvalue weighted by molar-refractivity contribution is 6.62. The van der Waals surface area contributed by atoms with E-state index in [0.29, 0.717) is 16.6 Å². The molecular formula is C23H21BFN3O5. The predicted octanol–water partition coefficient (Wildman–Crippen LogP) is 2.16. The largest absolute Gasteiger partial charge is 0.494 e. The number of aromatic nitrogens is 2. The van der Waals surface area contributed by atoms with Crippen molar-refractivity contribution < 1.29 is 23.3 Å². The molecule has 0 bridgehead atoms. The molecule has 8 nitrogen and oxygen atoms in total. The summed E-state index contributed by atoms with van der Waals surface area (Å²) in [5, 5.41) is 6.27. The molecule has 1 fully saturated rings. The van der Waals surface area contributed by atoms with Crippen LogP contribution in [-0.4, -0.2) is 45.2 Å². The van der Waals surface area contributed by atoms with Gasteiger partial charge in [-0.2, -0.15) is 5.10 Å².